The van der Waals surface area contributed by atoms with Crippen molar-refractivity contribution >= 4 is 23.3 Å². The number of oxime groups is 1. The zero-order valence-corrected chi connectivity index (χ0v) is 13.0. The standard InChI is InChI=1S/C16H12F3NO3S/c17-16(18,19)15(22)8-14(20-23-15)11-3-1-10(2-4-11)7-12-5-6-13(9-21)24-12/h1-6,9,22H,7-8H2. The third-order valence-electron chi connectivity index (χ3n) is 3.62. The Hall–Kier alpha value is -2.19. The fourth-order valence-corrected chi connectivity index (χ4v) is 3.16. The summed E-state index contributed by atoms with van der Waals surface area (Å²) in [5.74, 6) is -3.26. The lowest BCUT2D eigenvalue weighted by Gasteiger charge is -2.22. The number of aldehydes is 1. The molecule has 4 nitrogen and oxygen atoms in total. The number of hydrogen-bond donors (Lipinski definition) is 1. The Kier molecular flexibility index (Phi) is 4.18. The number of aliphatic hydroxyl groups is 1. The molecule has 0 radical (unpaired) electrons. The highest BCUT2D eigenvalue weighted by Gasteiger charge is 2.60. The molecule has 8 heteroatoms. The van der Waals surface area contributed by atoms with E-state index < -0.39 is 18.4 Å². The van der Waals surface area contributed by atoms with E-state index in [0.29, 0.717) is 16.9 Å². The Labute approximate surface area is 139 Å². The number of thiophene rings is 1. The highest BCUT2D eigenvalue weighted by Crippen LogP contribution is 2.38. The Morgan fingerprint density at radius 3 is 2.50 bits per heavy atom. The Morgan fingerprint density at radius 2 is 1.96 bits per heavy atom. The predicted octanol–water partition coefficient (Wildman–Crippen LogP) is 3.53. The molecule has 0 spiro atoms. The normalized spacial score (nSPS) is 20.6. The van der Waals surface area contributed by atoms with Crippen molar-refractivity contribution in [3.05, 3.63) is 57.3 Å². The first-order chi connectivity index (χ1) is 11.3. The van der Waals surface area contributed by atoms with Crippen LogP contribution in [0, 0.1) is 0 Å². The molecule has 1 aromatic heterocycles. The summed E-state index contributed by atoms with van der Waals surface area (Å²) in [5.41, 5.74) is 1.45. The van der Waals surface area contributed by atoms with Crippen molar-refractivity contribution in [2.24, 2.45) is 5.16 Å². The summed E-state index contributed by atoms with van der Waals surface area (Å²) in [5, 5.41) is 12.8. The molecule has 1 atom stereocenters. The number of benzene rings is 1. The van der Waals surface area contributed by atoms with Gasteiger partial charge in [-0.15, -0.1) is 11.3 Å². The number of carbonyl (C=O) groups is 1. The van der Waals surface area contributed by atoms with Crippen LogP contribution in [0.2, 0.25) is 0 Å². The number of rotatable bonds is 4. The van der Waals surface area contributed by atoms with Gasteiger partial charge in [-0.05, 0) is 23.3 Å². The second-order valence-corrected chi connectivity index (χ2v) is 6.58. The van der Waals surface area contributed by atoms with Crippen molar-refractivity contribution in [1.29, 1.82) is 0 Å². The largest absolute Gasteiger partial charge is 0.458 e. The molecule has 1 N–H and O–H groups in total. The Balaban J connectivity index is 1.70. The molecule has 0 saturated heterocycles. The summed E-state index contributed by atoms with van der Waals surface area (Å²) in [4.78, 5) is 16.5. The quantitative estimate of drug-likeness (QED) is 0.854. The molecule has 0 aliphatic carbocycles. The number of hydrogen-bond acceptors (Lipinski definition) is 5. The third kappa shape index (κ3) is 3.20. The van der Waals surface area contributed by atoms with Gasteiger partial charge in [0.25, 0.3) is 0 Å². The van der Waals surface area contributed by atoms with Crippen LogP contribution < -0.4 is 0 Å². The van der Waals surface area contributed by atoms with Gasteiger partial charge >= 0.3 is 12.0 Å². The van der Waals surface area contributed by atoms with Gasteiger partial charge in [-0.2, -0.15) is 13.2 Å². The van der Waals surface area contributed by atoms with Crippen molar-refractivity contribution in [3.63, 3.8) is 0 Å². The summed E-state index contributed by atoms with van der Waals surface area (Å²) < 4.78 is 38.1. The molecule has 3 rings (SSSR count). The van der Waals surface area contributed by atoms with Gasteiger partial charge in [0.1, 0.15) is 0 Å². The summed E-state index contributed by atoms with van der Waals surface area (Å²) in [6.07, 6.45) is -4.25. The molecule has 126 valence electrons. The highest BCUT2D eigenvalue weighted by atomic mass is 32.1. The van der Waals surface area contributed by atoms with Crippen LogP contribution in [0.4, 0.5) is 13.2 Å². The lowest BCUT2D eigenvalue weighted by atomic mass is 10.0. The lowest BCUT2D eigenvalue weighted by Crippen LogP contribution is -2.45. The zero-order valence-electron chi connectivity index (χ0n) is 12.2. The molecule has 0 fully saturated rings. The zero-order chi connectivity index (χ0) is 17.4. The Morgan fingerprint density at radius 1 is 1.25 bits per heavy atom. The van der Waals surface area contributed by atoms with E-state index in [2.05, 4.69) is 9.99 Å². The van der Waals surface area contributed by atoms with Crippen LogP contribution in [-0.2, 0) is 11.3 Å². The van der Waals surface area contributed by atoms with E-state index in [9.17, 15) is 23.1 Å². The number of nitrogens with zero attached hydrogens (tertiary/aromatic N) is 1. The second kappa shape index (κ2) is 6.03. The van der Waals surface area contributed by atoms with Gasteiger partial charge in [0.15, 0.2) is 6.29 Å². The Bertz CT molecular complexity index is 783. The van der Waals surface area contributed by atoms with Gasteiger partial charge in [0.2, 0.25) is 0 Å². The van der Waals surface area contributed by atoms with Gasteiger partial charge in [-0.25, -0.2) is 0 Å². The maximum atomic E-state index is 12.7. The average molecular weight is 355 g/mol. The smallest absolute Gasteiger partial charge is 0.350 e. The molecule has 0 bridgehead atoms. The summed E-state index contributed by atoms with van der Waals surface area (Å²) in [6.45, 7) is 0. The van der Waals surface area contributed by atoms with Crippen LogP contribution in [-0.4, -0.2) is 29.1 Å². The van der Waals surface area contributed by atoms with Gasteiger partial charge in [-0.3, -0.25) is 4.79 Å². The minimum absolute atomic E-state index is 0.0424. The topological polar surface area (TPSA) is 58.9 Å². The molecule has 1 aliphatic heterocycles. The molecule has 1 aliphatic rings. The summed E-state index contributed by atoms with van der Waals surface area (Å²) in [6, 6.07) is 10.4. The fourth-order valence-electron chi connectivity index (χ4n) is 2.30. The maximum Gasteiger partial charge on any atom is 0.458 e. The second-order valence-electron chi connectivity index (χ2n) is 5.38. The first kappa shape index (κ1) is 16.7. The molecule has 0 saturated carbocycles. The van der Waals surface area contributed by atoms with Crippen molar-refractivity contribution in [1.82, 2.24) is 0 Å². The molecule has 1 unspecified atom stereocenters. The van der Waals surface area contributed by atoms with Crippen LogP contribution in [0.3, 0.4) is 0 Å². The van der Waals surface area contributed by atoms with Gasteiger partial charge in [-0.1, -0.05) is 29.4 Å². The van der Waals surface area contributed by atoms with E-state index in [4.69, 9.17) is 0 Å². The van der Waals surface area contributed by atoms with E-state index in [-0.39, 0.29) is 5.71 Å². The minimum Gasteiger partial charge on any atom is -0.350 e. The van der Waals surface area contributed by atoms with E-state index in [0.717, 1.165) is 16.7 Å². The van der Waals surface area contributed by atoms with Crippen molar-refractivity contribution in [2.75, 3.05) is 0 Å². The van der Waals surface area contributed by atoms with E-state index in [1.165, 1.54) is 11.3 Å². The maximum absolute atomic E-state index is 12.7. The molecular formula is C16H12F3NO3S. The first-order valence-corrected chi connectivity index (χ1v) is 7.80. The molecular weight excluding hydrogens is 343 g/mol. The number of halogens is 3. The third-order valence-corrected chi connectivity index (χ3v) is 4.63. The van der Waals surface area contributed by atoms with E-state index in [1.807, 2.05) is 6.07 Å². The first-order valence-electron chi connectivity index (χ1n) is 6.98. The van der Waals surface area contributed by atoms with Crippen molar-refractivity contribution in [3.8, 4) is 0 Å². The number of alkyl halides is 3. The molecule has 1 aromatic carbocycles. The van der Waals surface area contributed by atoms with E-state index >= 15 is 0 Å². The van der Waals surface area contributed by atoms with Crippen molar-refractivity contribution < 1.29 is 27.9 Å². The van der Waals surface area contributed by atoms with Gasteiger partial charge < -0.3 is 9.94 Å². The van der Waals surface area contributed by atoms with Crippen LogP contribution in [0.15, 0.2) is 41.6 Å². The van der Waals surface area contributed by atoms with Crippen LogP contribution >= 0.6 is 11.3 Å². The highest BCUT2D eigenvalue weighted by molar-refractivity contribution is 7.13. The fraction of sp³-hybridized carbons (Fsp3) is 0.250. The molecule has 2 aromatic rings. The van der Waals surface area contributed by atoms with Crippen molar-refractivity contribution in [2.45, 2.75) is 24.8 Å². The molecule has 2 heterocycles. The predicted molar refractivity (Wildman–Crippen MR) is 82.2 cm³/mol. The molecule has 24 heavy (non-hydrogen) atoms. The van der Waals surface area contributed by atoms with Gasteiger partial charge in [0, 0.05) is 11.3 Å². The molecule has 0 amide bonds. The average Bonchev–Trinajstić information content (AvgIpc) is 3.15. The van der Waals surface area contributed by atoms with Crippen LogP contribution in [0.5, 0.6) is 0 Å². The lowest BCUT2D eigenvalue weighted by molar-refractivity contribution is -0.355. The monoisotopic (exact) mass is 355 g/mol. The SMILES string of the molecule is O=Cc1ccc(Cc2ccc(C3=NOC(O)(C(F)(F)F)C3)cc2)s1. The summed E-state index contributed by atoms with van der Waals surface area (Å²) in [7, 11) is 0. The number of carbonyl (C=O) groups excluding carboxylic acids is 1. The minimum atomic E-state index is -4.91. The van der Waals surface area contributed by atoms with Crippen LogP contribution in [0.25, 0.3) is 0 Å². The van der Waals surface area contributed by atoms with Crippen LogP contribution in [0.1, 0.15) is 32.1 Å². The van der Waals surface area contributed by atoms with Gasteiger partial charge in [0.05, 0.1) is 17.0 Å². The summed E-state index contributed by atoms with van der Waals surface area (Å²) >= 11 is 1.39. The van der Waals surface area contributed by atoms with E-state index in [1.54, 1.807) is 30.3 Å².